The lowest BCUT2D eigenvalue weighted by atomic mass is 10.2. The molecule has 1 aromatic rings. The number of nitrogens with one attached hydrogen (secondary N) is 1. The quantitative estimate of drug-likeness (QED) is 0.846. The van der Waals surface area contributed by atoms with E-state index in [4.69, 9.17) is 0 Å². The Hall–Kier alpha value is -0.320. The van der Waals surface area contributed by atoms with E-state index in [0.717, 1.165) is 23.5 Å². The average molecular weight is 293 g/mol. The number of aromatic nitrogens is 1. The first-order valence-corrected chi connectivity index (χ1v) is 5.63. The van der Waals surface area contributed by atoms with E-state index in [9.17, 15) is 0 Å². The molecule has 3 nitrogen and oxygen atoms in total. The van der Waals surface area contributed by atoms with Gasteiger partial charge in [0.2, 0.25) is 0 Å². The number of halogens is 2. The van der Waals surface area contributed by atoms with Gasteiger partial charge in [-0.2, -0.15) is 0 Å². The van der Waals surface area contributed by atoms with Gasteiger partial charge in [0.25, 0.3) is 0 Å². The van der Waals surface area contributed by atoms with Gasteiger partial charge in [0, 0.05) is 19.6 Å². The largest absolute Gasteiger partial charge is 0.355 e. The van der Waals surface area contributed by atoms with Crippen LogP contribution >= 0.6 is 28.3 Å². The summed E-state index contributed by atoms with van der Waals surface area (Å²) in [5.74, 6) is 1.04. The fourth-order valence-electron chi connectivity index (χ4n) is 1.75. The van der Waals surface area contributed by atoms with Crippen molar-refractivity contribution in [2.45, 2.75) is 12.5 Å². The normalized spacial score (nSPS) is 19.7. The van der Waals surface area contributed by atoms with Crippen molar-refractivity contribution in [3.63, 3.8) is 0 Å². The molecule has 0 amide bonds. The number of rotatable bonds is 2. The van der Waals surface area contributed by atoms with Gasteiger partial charge in [-0.05, 0) is 41.0 Å². The van der Waals surface area contributed by atoms with E-state index in [0.29, 0.717) is 6.04 Å². The summed E-state index contributed by atoms with van der Waals surface area (Å²) < 4.78 is 0.896. The Kier molecular flexibility index (Phi) is 4.83. The lowest BCUT2D eigenvalue weighted by Gasteiger charge is -2.24. The first-order chi connectivity index (χ1) is 6.77. The van der Waals surface area contributed by atoms with E-state index in [2.05, 4.69) is 38.2 Å². The van der Waals surface area contributed by atoms with E-state index in [-0.39, 0.29) is 12.4 Å². The zero-order valence-corrected chi connectivity index (χ0v) is 11.0. The van der Waals surface area contributed by atoms with Crippen molar-refractivity contribution in [2.24, 2.45) is 0 Å². The Morgan fingerprint density at radius 3 is 2.93 bits per heavy atom. The highest BCUT2D eigenvalue weighted by molar-refractivity contribution is 9.10. The Morgan fingerprint density at radius 1 is 1.53 bits per heavy atom. The highest BCUT2D eigenvalue weighted by Gasteiger charge is 2.19. The molecule has 2 heterocycles. The molecule has 1 N–H and O–H groups in total. The van der Waals surface area contributed by atoms with Crippen molar-refractivity contribution in [1.82, 2.24) is 10.3 Å². The lowest BCUT2D eigenvalue weighted by molar-refractivity contribution is 0.677. The molecular weight excluding hydrogens is 277 g/mol. The fourth-order valence-corrected chi connectivity index (χ4v) is 2.09. The summed E-state index contributed by atoms with van der Waals surface area (Å²) >= 11 is 3.39. The van der Waals surface area contributed by atoms with Gasteiger partial charge in [0.1, 0.15) is 10.4 Å². The van der Waals surface area contributed by atoms with Crippen molar-refractivity contribution >= 4 is 34.2 Å². The van der Waals surface area contributed by atoms with Crippen molar-refractivity contribution < 1.29 is 0 Å². The van der Waals surface area contributed by atoms with Crippen LogP contribution in [0.3, 0.4) is 0 Å². The average Bonchev–Trinajstić information content (AvgIpc) is 2.69. The molecule has 15 heavy (non-hydrogen) atoms. The van der Waals surface area contributed by atoms with Crippen LogP contribution in [-0.2, 0) is 0 Å². The van der Waals surface area contributed by atoms with Crippen LogP contribution in [0.15, 0.2) is 22.8 Å². The molecule has 0 saturated carbocycles. The van der Waals surface area contributed by atoms with E-state index in [1.54, 1.807) is 0 Å². The van der Waals surface area contributed by atoms with E-state index >= 15 is 0 Å². The van der Waals surface area contributed by atoms with Gasteiger partial charge >= 0.3 is 0 Å². The van der Waals surface area contributed by atoms with Gasteiger partial charge in [-0.1, -0.05) is 6.07 Å². The Bertz CT molecular complexity index is 315. The molecule has 1 saturated heterocycles. The molecule has 1 aliphatic heterocycles. The third-order valence-electron chi connectivity index (χ3n) is 2.64. The number of hydrogen-bond acceptors (Lipinski definition) is 3. The number of anilines is 1. The second kappa shape index (κ2) is 5.68. The molecule has 1 atom stereocenters. The van der Waals surface area contributed by atoms with Gasteiger partial charge < -0.3 is 10.2 Å². The topological polar surface area (TPSA) is 28.2 Å². The summed E-state index contributed by atoms with van der Waals surface area (Å²) in [6.07, 6.45) is 1.20. The number of likely N-dealkylation sites (N-methyl/N-ethyl adjacent to an activating group) is 1. The number of hydrogen-bond donors (Lipinski definition) is 1. The maximum atomic E-state index is 4.43. The summed E-state index contributed by atoms with van der Waals surface area (Å²) in [5, 5.41) is 3.36. The van der Waals surface area contributed by atoms with Gasteiger partial charge in [-0.3, -0.25) is 0 Å². The van der Waals surface area contributed by atoms with Crippen molar-refractivity contribution in [1.29, 1.82) is 0 Å². The Morgan fingerprint density at radius 2 is 2.33 bits per heavy atom. The summed E-state index contributed by atoms with van der Waals surface area (Å²) in [6.45, 7) is 2.17. The minimum atomic E-state index is 0. The van der Waals surface area contributed by atoms with Gasteiger partial charge in [-0.25, -0.2) is 4.98 Å². The van der Waals surface area contributed by atoms with E-state index < -0.39 is 0 Å². The Balaban J connectivity index is 0.00000112. The lowest BCUT2D eigenvalue weighted by Crippen LogP contribution is -2.33. The molecule has 5 heteroatoms. The zero-order chi connectivity index (χ0) is 9.97. The van der Waals surface area contributed by atoms with Crippen LogP contribution in [0.1, 0.15) is 6.42 Å². The molecule has 1 fully saturated rings. The molecule has 0 spiro atoms. The highest BCUT2D eigenvalue weighted by Crippen LogP contribution is 2.18. The summed E-state index contributed by atoms with van der Waals surface area (Å²) in [5.41, 5.74) is 0. The molecule has 0 aliphatic carbocycles. The van der Waals surface area contributed by atoms with Crippen LogP contribution < -0.4 is 10.2 Å². The first kappa shape index (κ1) is 12.7. The predicted molar refractivity (Wildman–Crippen MR) is 68.9 cm³/mol. The fraction of sp³-hybridized carbons (Fsp3) is 0.500. The summed E-state index contributed by atoms with van der Waals surface area (Å²) in [4.78, 5) is 6.67. The molecule has 1 aliphatic rings. The van der Waals surface area contributed by atoms with Crippen molar-refractivity contribution in [3.05, 3.63) is 22.8 Å². The van der Waals surface area contributed by atoms with Crippen LogP contribution in [0.2, 0.25) is 0 Å². The predicted octanol–water partition coefficient (Wildman–Crippen LogP) is 2.06. The van der Waals surface area contributed by atoms with Crippen molar-refractivity contribution in [2.75, 3.05) is 25.0 Å². The van der Waals surface area contributed by atoms with E-state index in [1.807, 2.05) is 18.2 Å². The monoisotopic (exact) mass is 291 g/mol. The molecule has 0 aromatic carbocycles. The Labute approximate surface area is 105 Å². The third kappa shape index (κ3) is 3.06. The maximum absolute atomic E-state index is 4.43. The van der Waals surface area contributed by atoms with E-state index in [1.165, 1.54) is 6.42 Å². The second-order valence-corrected chi connectivity index (χ2v) is 4.39. The smallest absolute Gasteiger partial charge is 0.129 e. The van der Waals surface area contributed by atoms with Gasteiger partial charge in [0.15, 0.2) is 0 Å². The third-order valence-corrected chi connectivity index (χ3v) is 3.09. The van der Waals surface area contributed by atoms with Crippen LogP contribution in [0.25, 0.3) is 0 Å². The molecule has 1 aromatic heterocycles. The van der Waals surface area contributed by atoms with Crippen LogP contribution in [0.5, 0.6) is 0 Å². The van der Waals surface area contributed by atoms with Gasteiger partial charge in [-0.15, -0.1) is 12.4 Å². The molecule has 0 bridgehead atoms. The van der Waals surface area contributed by atoms with Crippen molar-refractivity contribution in [3.8, 4) is 0 Å². The molecule has 84 valence electrons. The number of nitrogens with zero attached hydrogens (tertiary/aromatic N) is 2. The minimum absolute atomic E-state index is 0. The number of pyridine rings is 1. The molecular formula is C10H15BrClN3. The zero-order valence-electron chi connectivity index (χ0n) is 8.61. The highest BCUT2D eigenvalue weighted by atomic mass is 79.9. The van der Waals surface area contributed by atoms with Crippen LogP contribution in [-0.4, -0.2) is 31.2 Å². The van der Waals surface area contributed by atoms with Gasteiger partial charge in [0.05, 0.1) is 0 Å². The standard InChI is InChI=1S/C10H14BrN3.ClH/c1-14(8-5-6-12-7-8)10-4-2-3-9(11)13-10;/h2-4,8,12H,5-7H2,1H3;1H/t8-;/m0./s1. The molecule has 0 radical (unpaired) electrons. The van der Waals surface area contributed by atoms with Crippen LogP contribution in [0.4, 0.5) is 5.82 Å². The van der Waals surface area contributed by atoms with Crippen LogP contribution in [0, 0.1) is 0 Å². The molecule has 0 unspecified atom stereocenters. The minimum Gasteiger partial charge on any atom is -0.355 e. The maximum Gasteiger partial charge on any atom is 0.129 e. The SMILES string of the molecule is CN(c1cccc(Br)n1)[C@H]1CCNC1.Cl. The first-order valence-electron chi connectivity index (χ1n) is 4.83. The second-order valence-electron chi connectivity index (χ2n) is 3.58. The summed E-state index contributed by atoms with van der Waals surface area (Å²) in [6, 6.07) is 6.59. The molecule has 2 rings (SSSR count). The summed E-state index contributed by atoms with van der Waals surface area (Å²) in [7, 11) is 2.10.